The van der Waals surface area contributed by atoms with E-state index >= 15 is 0 Å². The number of rotatable bonds is 7. The lowest BCUT2D eigenvalue weighted by molar-refractivity contribution is -0.196. The normalized spacial score (nSPS) is 19.5. The summed E-state index contributed by atoms with van der Waals surface area (Å²) in [7, 11) is 0. The topological polar surface area (TPSA) is 50.7 Å². The molecule has 106 valence electrons. The van der Waals surface area contributed by atoms with Crippen molar-refractivity contribution in [3.8, 4) is 5.75 Å². The highest BCUT2D eigenvalue weighted by atomic mass is 16.8. The number of phenolic OH excluding ortho intramolecular Hbond substituents is 1. The number of phenols is 1. The fourth-order valence-electron chi connectivity index (χ4n) is 2.14. The van der Waals surface area contributed by atoms with Crippen LogP contribution in [0.2, 0.25) is 0 Å². The van der Waals surface area contributed by atoms with Gasteiger partial charge in [0.2, 0.25) is 0 Å². The van der Waals surface area contributed by atoms with Gasteiger partial charge in [-0.05, 0) is 49.8 Å². The molecule has 1 unspecified atom stereocenters. The van der Waals surface area contributed by atoms with Crippen molar-refractivity contribution in [3.05, 3.63) is 29.8 Å². The van der Waals surface area contributed by atoms with Gasteiger partial charge in [0.1, 0.15) is 5.75 Å². The lowest BCUT2D eigenvalue weighted by Crippen LogP contribution is -2.29. The van der Waals surface area contributed by atoms with Gasteiger partial charge in [0.25, 0.3) is 0 Å². The second-order valence-electron chi connectivity index (χ2n) is 4.93. The molecule has 0 aromatic heterocycles. The first-order valence-corrected chi connectivity index (χ1v) is 7.12. The van der Waals surface area contributed by atoms with Crippen molar-refractivity contribution in [2.24, 2.45) is 0 Å². The molecule has 0 amide bonds. The molecule has 1 atom stereocenters. The molecule has 4 heteroatoms. The number of hydroxylamine groups is 1. The van der Waals surface area contributed by atoms with Gasteiger partial charge in [-0.3, -0.25) is 4.84 Å². The summed E-state index contributed by atoms with van der Waals surface area (Å²) in [5.41, 5.74) is 4.24. The third kappa shape index (κ3) is 5.59. The minimum Gasteiger partial charge on any atom is -0.508 e. The van der Waals surface area contributed by atoms with Gasteiger partial charge in [0.05, 0.1) is 0 Å². The summed E-state index contributed by atoms with van der Waals surface area (Å²) >= 11 is 0. The van der Waals surface area contributed by atoms with Gasteiger partial charge in [0.15, 0.2) is 6.29 Å². The highest BCUT2D eigenvalue weighted by Gasteiger charge is 2.13. The van der Waals surface area contributed by atoms with Crippen LogP contribution in [-0.2, 0) is 16.0 Å². The first-order chi connectivity index (χ1) is 9.34. The summed E-state index contributed by atoms with van der Waals surface area (Å²) in [5.74, 6) is 0.325. The number of unbranched alkanes of at least 4 members (excludes halogenated alkanes) is 1. The number of nitrogens with one attached hydrogen (secondary N) is 1. The van der Waals surface area contributed by atoms with Gasteiger partial charge >= 0.3 is 0 Å². The summed E-state index contributed by atoms with van der Waals surface area (Å²) in [6.07, 6.45) is 6.45. The number of benzene rings is 1. The molecular formula is C15H23NO3. The Kier molecular flexibility index (Phi) is 6.14. The van der Waals surface area contributed by atoms with Crippen LogP contribution in [-0.4, -0.2) is 24.5 Å². The molecular weight excluding hydrogens is 242 g/mol. The lowest BCUT2D eigenvalue weighted by atomic mass is 10.1. The zero-order chi connectivity index (χ0) is 13.3. The molecule has 1 heterocycles. The van der Waals surface area contributed by atoms with Gasteiger partial charge in [-0.25, -0.2) is 0 Å². The Morgan fingerprint density at radius 2 is 2.05 bits per heavy atom. The van der Waals surface area contributed by atoms with Gasteiger partial charge in [0, 0.05) is 19.6 Å². The largest absolute Gasteiger partial charge is 0.508 e. The Labute approximate surface area is 114 Å². The van der Waals surface area contributed by atoms with Crippen LogP contribution in [0, 0.1) is 0 Å². The van der Waals surface area contributed by atoms with E-state index in [1.807, 2.05) is 12.1 Å². The van der Waals surface area contributed by atoms with Crippen LogP contribution in [0.5, 0.6) is 5.75 Å². The molecule has 4 nitrogen and oxygen atoms in total. The summed E-state index contributed by atoms with van der Waals surface area (Å²) in [4.78, 5) is 5.45. The summed E-state index contributed by atoms with van der Waals surface area (Å²) < 4.78 is 5.46. The molecule has 0 saturated carbocycles. The molecule has 0 spiro atoms. The summed E-state index contributed by atoms with van der Waals surface area (Å²) in [5, 5.41) is 9.18. The molecule has 1 aliphatic rings. The second-order valence-corrected chi connectivity index (χ2v) is 4.93. The van der Waals surface area contributed by atoms with E-state index in [0.29, 0.717) is 5.75 Å². The maximum Gasteiger partial charge on any atom is 0.177 e. The average Bonchev–Trinajstić information content (AvgIpc) is 2.46. The molecule has 1 aromatic rings. The molecule has 0 bridgehead atoms. The quantitative estimate of drug-likeness (QED) is 0.588. The zero-order valence-electron chi connectivity index (χ0n) is 11.3. The highest BCUT2D eigenvalue weighted by Crippen LogP contribution is 2.13. The van der Waals surface area contributed by atoms with Crippen molar-refractivity contribution >= 4 is 0 Å². The maximum absolute atomic E-state index is 9.18. The van der Waals surface area contributed by atoms with Crippen LogP contribution in [0.25, 0.3) is 0 Å². The van der Waals surface area contributed by atoms with Crippen molar-refractivity contribution in [1.82, 2.24) is 5.48 Å². The van der Waals surface area contributed by atoms with Crippen molar-refractivity contribution in [1.29, 1.82) is 0 Å². The van der Waals surface area contributed by atoms with Crippen LogP contribution in [0.3, 0.4) is 0 Å². The molecule has 2 rings (SSSR count). The van der Waals surface area contributed by atoms with Gasteiger partial charge in [-0.15, -0.1) is 0 Å². The van der Waals surface area contributed by atoms with Crippen molar-refractivity contribution in [3.63, 3.8) is 0 Å². The third-order valence-corrected chi connectivity index (χ3v) is 3.28. The smallest absolute Gasteiger partial charge is 0.177 e. The van der Waals surface area contributed by atoms with E-state index in [4.69, 9.17) is 9.57 Å². The van der Waals surface area contributed by atoms with E-state index in [0.717, 1.165) is 45.3 Å². The van der Waals surface area contributed by atoms with Gasteiger partial charge < -0.3 is 9.84 Å². The van der Waals surface area contributed by atoms with E-state index in [1.165, 1.54) is 12.0 Å². The molecule has 1 aliphatic heterocycles. The fraction of sp³-hybridized carbons (Fsp3) is 0.600. The first kappa shape index (κ1) is 14.3. The summed E-state index contributed by atoms with van der Waals surface area (Å²) in [6.45, 7) is 1.66. The van der Waals surface area contributed by atoms with Crippen LogP contribution in [0.4, 0.5) is 0 Å². The standard InChI is InChI=1S/C15H23NO3/c17-14-9-7-13(8-10-14)5-1-3-11-16-19-15-6-2-4-12-18-15/h7-10,15-17H,1-6,11-12H2. The molecule has 1 saturated heterocycles. The van der Waals surface area contributed by atoms with Crippen LogP contribution >= 0.6 is 0 Å². The molecule has 0 radical (unpaired) electrons. The molecule has 1 aromatic carbocycles. The predicted octanol–water partition coefficient (Wildman–Crippen LogP) is 2.76. The number of aromatic hydroxyl groups is 1. The van der Waals surface area contributed by atoms with E-state index in [1.54, 1.807) is 12.1 Å². The number of aryl methyl sites for hydroxylation is 1. The Bertz CT molecular complexity index is 347. The fourth-order valence-corrected chi connectivity index (χ4v) is 2.14. The van der Waals surface area contributed by atoms with Crippen molar-refractivity contribution in [2.75, 3.05) is 13.2 Å². The molecule has 2 N–H and O–H groups in total. The van der Waals surface area contributed by atoms with E-state index in [-0.39, 0.29) is 6.29 Å². The monoisotopic (exact) mass is 265 g/mol. The number of hydrogen-bond acceptors (Lipinski definition) is 4. The minimum absolute atomic E-state index is 0.0640. The Hall–Kier alpha value is -1.10. The van der Waals surface area contributed by atoms with Crippen LogP contribution < -0.4 is 5.48 Å². The van der Waals surface area contributed by atoms with Crippen molar-refractivity contribution in [2.45, 2.75) is 44.8 Å². The number of ether oxygens (including phenoxy) is 1. The second kappa shape index (κ2) is 8.15. The lowest BCUT2D eigenvalue weighted by Gasteiger charge is -2.22. The third-order valence-electron chi connectivity index (χ3n) is 3.28. The Morgan fingerprint density at radius 1 is 1.21 bits per heavy atom. The van der Waals surface area contributed by atoms with Gasteiger partial charge in [-0.2, -0.15) is 5.48 Å². The van der Waals surface area contributed by atoms with Crippen LogP contribution in [0.15, 0.2) is 24.3 Å². The van der Waals surface area contributed by atoms with E-state index in [2.05, 4.69) is 5.48 Å². The SMILES string of the molecule is Oc1ccc(CCCCNOC2CCCCO2)cc1. The summed E-state index contributed by atoms with van der Waals surface area (Å²) in [6, 6.07) is 7.40. The van der Waals surface area contributed by atoms with E-state index < -0.39 is 0 Å². The zero-order valence-corrected chi connectivity index (χ0v) is 11.3. The van der Waals surface area contributed by atoms with Gasteiger partial charge in [-0.1, -0.05) is 12.1 Å². The number of hydrogen-bond donors (Lipinski definition) is 2. The molecule has 19 heavy (non-hydrogen) atoms. The molecule has 1 fully saturated rings. The molecule has 0 aliphatic carbocycles. The van der Waals surface area contributed by atoms with Crippen LogP contribution in [0.1, 0.15) is 37.7 Å². The minimum atomic E-state index is -0.0640. The highest BCUT2D eigenvalue weighted by molar-refractivity contribution is 5.25. The first-order valence-electron chi connectivity index (χ1n) is 7.12. The average molecular weight is 265 g/mol. The maximum atomic E-state index is 9.18. The van der Waals surface area contributed by atoms with E-state index in [9.17, 15) is 5.11 Å². The Morgan fingerprint density at radius 3 is 2.79 bits per heavy atom. The predicted molar refractivity (Wildman–Crippen MR) is 73.7 cm³/mol. The Balaban J connectivity index is 1.49. The van der Waals surface area contributed by atoms with Crippen molar-refractivity contribution < 1.29 is 14.7 Å².